The number of halogens is 2. The van der Waals surface area contributed by atoms with E-state index in [0.29, 0.717) is 0 Å². The SMILES string of the molecule is CNC(c1ccc(F)c(Cl)c1)C1(C#N)CC1. The minimum Gasteiger partial charge on any atom is -0.312 e. The van der Waals surface area contributed by atoms with Gasteiger partial charge in [0.1, 0.15) is 5.82 Å². The Morgan fingerprint density at radius 2 is 2.25 bits per heavy atom. The molecule has 1 aliphatic carbocycles. The van der Waals surface area contributed by atoms with Gasteiger partial charge in [-0.15, -0.1) is 0 Å². The molecule has 0 bridgehead atoms. The van der Waals surface area contributed by atoms with Gasteiger partial charge in [-0.05, 0) is 37.6 Å². The fourth-order valence-electron chi connectivity index (χ4n) is 2.05. The van der Waals surface area contributed by atoms with Crippen molar-refractivity contribution in [1.82, 2.24) is 5.32 Å². The summed E-state index contributed by atoms with van der Waals surface area (Å²) >= 11 is 5.74. The molecule has 16 heavy (non-hydrogen) atoms. The Balaban J connectivity index is 2.35. The second-order valence-corrected chi connectivity index (χ2v) is 4.57. The highest BCUT2D eigenvalue weighted by molar-refractivity contribution is 6.30. The van der Waals surface area contributed by atoms with E-state index in [9.17, 15) is 4.39 Å². The van der Waals surface area contributed by atoms with Gasteiger partial charge >= 0.3 is 0 Å². The third kappa shape index (κ3) is 1.79. The fourth-order valence-corrected chi connectivity index (χ4v) is 2.24. The van der Waals surface area contributed by atoms with Crippen LogP contribution in [0.2, 0.25) is 5.02 Å². The largest absolute Gasteiger partial charge is 0.312 e. The quantitative estimate of drug-likeness (QED) is 0.879. The van der Waals surface area contributed by atoms with Crippen molar-refractivity contribution in [1.29, 1.82) is 5.26 Å². The molecule has 0 amide bonds. The average molecular weight is 239 g/mol. The summed E-state index contributed by atoms with van der Waals surface area (Å²) in [5.41, 5.74) is 0.531. The Kier molecular flexibility index (Phi) is 2.88. The van der Waals surface area contributed by atoms with Crippen LogP contribution < -0.4 is 5.32 Å². The molecule has 1 saturated carbocycles. The van der Waals surface area contributed by atoms with E-state index in [0.717, 1.165) is 18.4 Å². The molecule has 1 aromatic carbocycles. The van der Waals surface area contributed by atoms with Crippen LogP contribution >= 0.6 is 11.6 Å². The van der Waals surface area contributed by atoms with E-state index >= 15 is 0 Å². The second-order valence-electron chi connectivity index (χ2n) is 4.16. The molecule has 0 aromatic heterocycles. The molecule has 1 fully saturated rings. The number of nitrogens with zero attached hydrogens (tertiary/aromatic N) is 1. The molecule has 4 heteroatoms. The molecule has 2 nitrogen and oxygen atoms in total. The summed E-state index contributed by atoms with van der Waals surface area (Å²) in [5.74, 6) is -0.429. The first-order valence-electron chi connectivity index (χ1n) is 5.16. The first kappa shape index (κ1) is 11.4. The molecule has 0 aliphatic heterocycles. The lowest BCUT2D eigenvalue weighted by molar-refractivity contribution is 0.443. The summed E-state index contributed by atoms with van der Waals surface area (Å²) in [5, 5.41) is 12.4. The van der Waals surface area contributed by atoms with Gasteiger partial charge in [-0.1, -0.05) is 17.7 Å². The minimum atomic E-state index is -0.429. The highest BCUT2D eigenvalue weighted by atomic mass is 35.5. The van der Waals surface area contributed by atoms with Crippen LogP contribution in [0, 0.1) is 22.6 Å². The van der Waals surface area contributed by atoms with Crippen molar-refractivity contribution in [3.05, 3.63) is 34.6 Å². The van der Waals surface area contributed by atoms with Crippen molar-refractivity contribution in [2.75, 3.05) is 7.05 Å². The van der Waals surface area contributed by atoms with Gasteiger partial charge in [0.15, 0.2) is 0 Å². The number of rotatable bonds is 3. The normalized spacial score (nSPS) is 18.9. The van der Waals surface area contributed by atoms with Crippen LogP contribution in [0.15, 0.2) is 18.2 Å². The van der Waals surface area contributed by atoms with Crippen molar-refractivity contribution < 1.29 is 4.39 Å². The van der Waals surface area contributed by atoms with E-state index < -0.39 is 5.82 Å². The molecule has 1 aromatic rings. The molecular formula is C12H12ClFN2. The third-order valence-corrected chi connectivity index (χ3v) is 3.42. The fraction of sp³-hybridized carbons (Fsp3) is 0.417. The summed E-state index contributed by atoms with van der Waals surface area (Å²) in [4.78, 5) is 0. The van der Waals surface area contributed by atoms with E-state index in [1.54, 1.807) is 19.2 Å². The van der Waals surface area contributed by atoms with Gasteiger partial charge in [0.05, 0.1) is 22.5 Å². The van der Waals surface area contributed by atoms with Crippen molar-refractivity contribution in [3.8, 4) is 6.07 Å². The highest BCUT2D eigenvalue weighted by Gasteiger charge is 2.50. The highest BCUT2D eigenvalue weighted by Crippen LogP contribution is 2.54. The molecule has 1 unspecified atom stereocenters. The van der Waals surface area contributed by atoms with Crippen LogP contribution in [0.25, 0.3) is 0 Å². The van der Waals surface area contributed by atoms with Gasteiger partial charge in [-0.2, -0.15) is 5.26 Å². The maximum Gasteiger partial charge on any atom is 0.141 e. The van der Waals surface area contributed by atoms with Crippen molar-refractivity contribution in [2.24, 2.45) is 5.41 Å². The van der Waals surface area contributed by atoms with Crippen molar-refractivity contribution in [2.45, 2.75) is 18.9 Å². The molecule has 1 atom stereocenters. The number of hydrogen-bond acceptors (Lipinski definition) is 2. The summed E-state index contributed by atoms with van der Waals surface area (Å²) in [6.07, 6.45) is 1.76. The monoisotopic (exact) mass is 238 g/mol. The van der Waals surface area contributed by atoms with Gasteiger partial charge in [0, 0.05) is 0 Å². The van der Waals surface area contributed by atoms with Crippen LogP contribution in [0.3, 0.4) is 0 Å². The van der Waals surface area contributed by atoms with Gasteiger partial charge in [-0.3, -0.25) is 0 Å². The van der Waals surface area contributed by atoms with Gasteiger partial charge in [0.25, 0.3) is 0 Å². The molecule has 0 spiro atoms. The van der Waals surface area contributed by atoms with E-state index in [1.165, 1.54) is 6.07 Å². The van der Waals surface area contributed by atoms with Gasteiger partial charge in [0.2, 0.25) is 0 Å². The first-order chi connectivity index (χ1) is 7.63. The standard InChI is InChI=1S/C12H12ClFN2/c1-16-11(12(7-15)4-5-12)8-2-3-10(14)9(13)6-8/h2-3,6,11,16H,4-5H2,1H3. The molecule has 2 rings (SSSR count). The average Bonchev–Trinajstić information content (AvgIpc) is 3.05. The van der Waals surface area contributed by atoms with E-state index in [4.69, 9.17) is 16.9 Å². The zero-order valence-electron chi connectivity index (χ0n) is 8.93. The van der Waals surface area contributed by atoms with Crippen LogP contribution in [-0.2, 0) is 0 Å². The molecule has 0 radical (unpaired) electrons. The summed E-state index contributed by atoms with van der Waals surface area (Å²) in [6, 6.07) is 6.88. The number of nitrogens with one attached hydrogen (secondary N) is 1. The number of benzene rings is 1. The Morgan fingerprint density at radius 1 is 1.56 bits per heavy atom. The predicted molar refractivity (Wildman–Crippen MR) is 60.5 cm³/mol. The Hall–Kier alpha value is -1.11. The van der Waals surface area contributed by atoms with Gasteiger partial charge < -0.3 is 5.32 Å². The maximum atomic E-state index is 13.0. The lowest BCUT2D eigenvalue weighted by Gasteiger charge is -2.21. The summed E-state index contributed by atoms with van der Waals surface area (Å²) in [6.45, 7) is 0. The molecular weight excluding hydrogens is 227 g/mol. The zero-order chi connectivity index (χ0) is 11.8. The first-order valence-corrected chi connectivity index (χ1v) is 5.54. The van der Waals surface area contributed by atoms with Crippen LogP contribution in [-0.4, -0.2) is 7.05 Å². The van der Waals surface area contributed by atoms with Gasteiger partial charge in [-0.25, -0.2) is 4.39 Å². The maximum absolute atomic E-state index is 13.0. The number of hydrogen-bond donors (Lipinski definition) is 1. The lowest BCUT2D eigenvalue weighted by Crippen LogP contribution is -2.25. The molecule has 1 aliphatic rings. The number of nitriles is 1. The van der Waals surface area contributed by atoms with E-state index in [1.807, 2.05) is 0 Å². The van der Waals surface area contributed by atoms with Crippen LogP contribution in [0.5, 0.6) is 0 Å². The Morgan fingerprint density at radius 3 is 2.69 bits per heavy atom. The smallest absolute Gasteiger partial charge is 0.141 e. The summed E-state index contributed by atoms with van der Waals surface area (Å²) < 4.78 is 13.0. The topological polar surface area (TPSA) is 35.8 Å². The molecule has 0 saturated heterocycles. The zero-order valence-corrected chi connectivity index (χ0v) is 9.68. The molecule has 1 N–H and O–H groups in total. The van der Waals surface area contributed by atoms with E-state index in [-0.39, 0.29) is 16.5 Å². The van der Waals surface area contributed by atoms with Crippen molar-refractivity contribution in [3.63, 3.8) is 0 Å². The van der Waals surface area contributed by atoms with Crippen LogP contribution in [0.1, 0.15) is 24.4 Å². The summed E-state index contributed by atoms with van der Waals surface area (Å²) in [7, 11) is 1.80. The predicted octanol–water partition coefficient (Wildman–Crippen LogP) is 3.04. The third-order valence-electron chi connectivity index (χ3n) is 3.13. The molecule has 84 valence electrons. The molecule has 0 heterocycles. The Labute approximate surface area is 99.0 Å². The van der Waals surface area contributed by atoms with Crippen LogP contribution in [0.4, 0.5) is 4.39 Å². The Bertz CT molecular complexity index is 449. The van der Waals surface area contributed by atoms with Crippen molar-refractivity contribution >= 4 is 11.6 Å². The van der Waals surface area contributed by atoms with E-state index in [2.05, 4.69) is 11.4 Å². The minimum absolute atomic E-state index is 0.0735. The lowest BCUT2D eigenvalue weighted by atomic mass is 9.91. The second kappa shape index (κ2) is 4.04.